The summed E-state index contributed by atoms with van der Waals surface area (Å²) in [7, 11) is 0. The summed E-state index contributed by atoms with van der Waals surface area (Å²) >= 11 is 6.49. The number of nitrogens with one attached hydrogen (secondary N) is 1. The summed E-state index contributed by atoms with van der Waals surface area (Å²) in [5, 5.41) is 2.66. The van der Waals surface area contributed by atoms with Gasteiger partial charge in [-0.2, -0.15) is 0 Å². The summed E-state index contributed by atoms with van der Waals surface area (Å²) in [5.74, 6) is -2.41. The van der Waals surface area contributed by atoms with E-state index in [0.29, 0.717) is 24.0 Å². The zero-order chi connectivity index (χ0) is 26.1. The molecule has 8 heteroatoms. The third-order valence-electron chi connectivity index (χ3n) is 7.11. The predicted octanol–water partition coefficient (Wildman–Crippen LogP) is 4.90. The number of ether oxygens (including phenoxy) is 2. The molecular formula is C27H23ClF2N2O3. The zero-order valence-electron chi connectivity index (χ0n) is 20.6. The summed E-state index contributed by atoms with van der Waals surface area (Å²) in [4.78, 5) is 12.5. The Morgan fingerprint density at radius 2 is 2.03 bits per heavy atom. The van der Waals surface area contributed by atoms with E-state index in [4.69, 9.17) is 29.5 Å². The molecule has 1 amide bonds. The number of nitrogens with two attached hydrogens (primary N) is 1. The van der Waals surface area contributed by atoms with E-state index < -0.39 is 35.7 Å². The summed E-state index contributed by atoms with van der Waals surface area (Å²) in [5.41, 5.74) is 5.83. The molecule has 0 aromatic heterocycles. The Bertz CT molecular complexity index is 1450. The largest absolute Gasteiger partial charge is 0.490 e. The second-order valence-electron chi connectivity index (χ2n) is 9.03. The van der Waals surface area contributed by atoms with Gasteiger partial charge in [0.25, 0.3) is 0 Å². The Morgan fingerprint density at radius 3 is 2.74 bits per heavy atom. The molecule has 0 aliphatic carbocycles. The van der Waals surface area contributed by atoms with Gasteiger partial charge in [-0.3, -0.25) is 4.79 Å². The summed E-state index contributed by atoms with van der Waals surface area (Å²) < 4.78 is 59.6. The number of primary amides is 1. The van der Waals surface area contributed by atoms with E-state index in [1.165, 1.54) is 6.07 Å². The van der Waals surface area contributed by atoms with Crippen molar-refractivity contribution in [2.75, 3.05) is 13.1 Å². The predicted molar refractivity (Wildman–Crippen MR) is 128 cm³/mol. The maximum atomic E-state index is 16.0. The third kappa shape index (κ3) is 3.32. The SMILES string of the molecule is [2H]C1([2H])CC[C@@H]([C@@]2(c3ccccc3)Cc3c(cc(F)c(Cl)c3-c3c(C(N)=O)cc4c(c3F)OCC4)O2)N1. The molecule has 2 atom stereocenters. The van der Waals surface area contributed by atoms with Gasteiger partial charge in [0.05, 0.1) is 23.2 Å². The van der Waals surface area contributed by atoms with Crippen molar-refractivity contribution in [3.8, 4) is 22.6 Å². The van der Waals surface area contributed by atoms with Crippen LogP contribution in [0.3, 0.4) is 0 Å². The molecule has 1 saturated heterocycles. The summed E-state index contributed by atoms with van der Waals surface area (Å²) in [6.45, 7) is -1.36. The smallest absolute Gasteiger partial charge is 0.249 e. The molecule has 3 aromatic carbocycles. The van der Waals surface area contributed by atoms with Crippen LogP contribution in [0.1, 0.15) is 42.6 Å². The lowest BCUT2D eigenvalue weighted by Gasteiger charge is -2.35. The van der Waals surface area contributed by atoms with Gasteiger partial charge in [0.2, 0.25) is 5.91 Å². The average molecular weight is 499 g/mol. The van der Waals surface area contributed by atoms with Crippen molar-refractivity contribution < 1.29 is 25.8 Å². The van der Waals surface area contributed by atoms with Crippen molar-refractivity contribution >= 4 is 17.5 Å². The molecule has 1 fully saturated rings. The van der Waals surface area contributed by atoms with Crippen LogP contribution in [0.25, 0.3) is 11.1 Å². The Hall–Kier alpha value is -3.16. The summed E-state index contributed by atoms with van der Waals surface area (Å²) in [6.07, 6.45) is 1.26. The van der Waals surface area contributed by atoms with Crippen LogP contribution in [0.2, 0.25) is 5.02 Å². The molecule has 0 saturated carbocycles. The number of amides is 1. The number of carbonyl (C=O) groups is 1. The molecule has 6 rings (SSSR count). The van der Waals surface area contributed by atoms with Crippen molar-refractivity contribution in [3.63, 3.8) is 0 Å². The highest BCUT2D eigenvalue weighted by Crippen LogP contribution is 2.53. The summed E-state index contributed by atoms with van der Waals surface area (Å²) in [6, 6.07) is 11.4. The molecule has 3 aromatic rings. The fourth-order valence-corrected chi connectivity index (χ4v) is 5.76. The minimum Gasteiger partial charge on any atom is -0.490 e. The van der Waals surface area contributed by atoms with Gasteiger partial charge < -0.3 is 20.5 Å². The highest BCUT2D eigenvalue weighted by molar-refractivity contribution is 6.34. The Balaban J connectivity index is 1.59. The Kier molecular flexibility index (Phi) is 4.71. The molecule has 180 valence electrons. The maximum absolute atomic E-state index is 16.0. The van der Waals surface area contributed by atoms with Crippen molar-refractivity contribution in [2.24, 2.45) is 5.73 Å². The lowest BCUT2D eigenvalue weighted by atomic mass is 9.80. The first kappa shape index (κ1) is 20.1. The minimum absolute atomic E-state index is 0.00651. The van der Waals surface area contributed by atoms with Gasteiger partial charge in [-0.1, -0.05) is 41.9 Å². The van der Waals surface area contributed by atoms with Gasteiger partial charge >= 0.3 is 0 Å². The topological polar surface area (TPSA) is 73.6 Å². The molecule has 35 heavy (non-hydrogen) atoms. The number of fused-ring (bicyclic) bond motifs is 2. The molecule has 0 radical (unpaired) electrons. The van der Waals surface area contributed by atoms with Gasteiger partial charge in [-0.25, -0.2) is 8.78 Å². The van der Waals surface area contributed by atoms with Crippen molar-refractivity contribution in [1.82, 2.24) is 5.32 Å². The zero-order valence-corrected chi connectivity index (χ0v) is 19.3. The number of halogens is 3. The number of carbonyl (C=O) groups excluding carboxylic acids is 1. The van der Waals surface area contributed by atoms with E-state index in [1.54, 1.807) is 0 Å². The van der Waals surface area contributed by atoms with Gasteiger partial charge in [0.15, 0.2) is 17.2 Å². The van der Waals surface area contributed by atoms with Crippen LogP contribution in [-0.4, -0.2) is 25.1 Å². The van der Waals surface area contributed by atoms with Crippen LogP contribution < -0.4 is 20.5 Å². The second kappa shape index (κ2) is 8.21. The number of hydrogen-bond donors (Lipinski definition) is 2. The van der Waals surface area contributed by atoms with E-state index in [0.717, 1.165) is 11.6 Å². The molecule has 3 aliphatic rings. The first-order valence-electron chi connectivity index (χ1n) is 12.4. The number of hydrogen-bond acceptors (Lipinski definition) is 4. The molecule has 3 N–H and O–H groups in total. The number of rotatable bonds is 4. The highest BCUT2D eigenvalue weighted by Gasteiger charge is 2.50. The molecule has 3 aliphatic heterocycles. The fraction of sp³-hybridized carbons (Fsp3) is 0.296. The fourth-order valence-electron chi connectivity index (χ4n) is 5.50. The van der Waals surface area contributed by atoms with Gasteiger partial charge in [-0.15, -0.1) is 0 Å². The van der Waals surface area contributed by atoms with Crippen LogP contribution in [-0.2, 0) is 18.4 Å². The monoisotopic (exact) mass is 498 g/mol. The average Bonchev–Trinajstić information content (AvgIpc) is 3.58. The molecule has 0 spiro atoms. The third-order valence-corrected chi connectivity index (χ3v) is 7.48. The lowest BCUT2D eigenvalue weighted by molar-refractivity contribution is 0.0539. The second-order valence-corrected chi connectivity index (χ2v) is 9.41. The van der Waals surface area contributed by atoms with Crippen LogP contribution in [0.4, 0.5) is 8.78 Å². The normalized spacial score (nSPS) is 24.7. The van der Waals surface area contributed by atoms with Crippen LogP contribution in [0, 0.1) is 11.6 Å². The standard InChI is InChI=1S/C27H23ClF2N2O3/c28-23-18(29)12-19-17(13-27(35-19,20-7-4-9-32-20)15-5-2-1-3-6-15)21(23)22-16(26(31)33)11-14-8-10-34-25(14)24(22)30/h1-3,5-6,11-12,20,32H,4,7-10,13H2,(H2,31,33)/t20-,27-/m0/s1/i9D2. The van der Waals surface area contributed by atoms with Crippen molar-refractivity contribution in [2.45, 2.75) is 37.3 Å². The highest BCUT2D eigenvalue weighted by atomic mass is 35.5. The molecule has 0 unspecified atom stereocenters. The van der Waals surface area contributed by atoms with Crippen molar-refractivity contribution in [1.29, 1.82) is 0 Å². The Morgan fingerprint density at radius 1 is 1.23 bits per heavy atom. The van der Waals surface area contributed by atoms with Crippen molar-refractivity contribution in [3.05, 3.63) is 81.4 Å². The maximum Gasteiger partial charge on any atom is 0.249 e. The lowest BCUT2D eigenvalue weighted by Crippen LogP contribution is -2.48. The van der Waals surface area contributed by atoms with Gasteiger partial charge in [-0.05, 0) is 31.0 Å². The van der Waals surface area contributed by atoms with E-state index >= 15 is 8.78 Å². The van der Waals surface area contributed by atoms with E-state index in [2.05, 4.69) is 5.32 Å². The van der Waals surface area contributed by atoms with Gasteiger partial charge in [0.1, 0.15) is 11.6 Å². The quantitative estimate of drug-likeness (QED) is 0.536. The van der Waals surface area contributed by atoms with Crippen LogP contribution in [0.5, 0.6) is 11.5 Å². The molecule has 5 nitrogen and oxygen atoms in total. The molecule has 3 heterocycles. The molecular weight excluding hydrogens is 474 g/mol. The van der Waals surface area contributed by atoms with E-state index in [-0.39, 0.29) is 52.7 Å². The first-order chi connectivity index (χ1) is 17.6. The van der Waals surface area contributed by atoms with E-state index in [9.17, 15) is 4.79 Å². The first-order valence-corrected chi connectivity index (χ1v) is 11.8. The van der Waals surface area contributed by atoms with Crippen LogP contribution >= 0.6 is 11.6 Å². The Labute approximate surface area is 209 Å². The van der Waals surface area contributed by atoms with E-state index in [1.807, 2.05) is 30.3 Å². The van der Waals surface area contributed by atoms with Crippen LogP contribution in [0.15, 0.2) is 42.5 Å². The molecule has 0 bridgehead atoms. The van der Waals surface area contributed by atoms with Gasteiger partial charge in [0, 0.05) is 43.9 Å². The minimum atomic E-state index is -1.61. The number of benzene rings is 3.